The number of anilines is 1. The minimum atomic E-state index is 0.363. The van der Waals surface area contributed by atoms with Crippen molar-refractivity contribution in [3.63, 3.8) is 0 Å². The molecule has 0 fully saturated rings. The lowest BCUT2D eigenvalue weighted by Crippen LogP contribution is -2.17. The normalized spacial score (nSPS) is 10.6. The van der Waals surface area contributed by atoms with E-state index in [1.807, 2.05) is 30.9 Å². The molecule has 0 aliphatic rings. The third-order valence-corrected chi connectivity index (χ3v) is 2.87. The number of nitrogens with two attached hydrogens (primary N) is 1. The molecule has 2 aromatic heterocycles. The molecule has 7 heteroatoms. The Hall–Kier alpha value is -1.89. The highest BCUT2D eigenvalue weighted by Crippen LogP contribution is 2.18. The first-order chi connectivity index (χ1) is 8.59. The SMILES string of the molecule is Cc1nn(C)c(NCCn2cccn2)c1C(N)=S. The molecule has 0 saturated carbocycles. The van der Waals surface area contributed by atoms with Gasteiger partial charge in [-0.3, -0.25) is 9.36 Å². The van der Waals surface area contributed by atoms with Crippen LogP contribution < -0.4 is 11.1 Å². The van der Waals surface area contributed by atoms with E-state index in [9.17, 15) is 0 Å². The molecule has 0 spiro atoms. The first-order valence-electron chi connectivity index (χ1n) is 5.64. The van der Waals surface area contributed by atoms with Crippen molar-refractivity contribution in [1.29, 1.82) is 0 Å². The Balaban J connectivity index is 2.07. The van der Waals surface area contributed by atoms with Crippen LogP contribution in [0.1, 0.15) is 11.3 Å². The van der Waals surface area contributed by atoms with Crippen molar-refractivity contribution in [1.82, 2.24) is 19.6 Å². The van der Waals surface area contributed by atoms with Crippen LogP contribution in [-0.2, 0) is 13.6 Å². The fourth-order valence-corrected chi connectivity index (χ4v) is 2.12. The Morgan fingerprint density at radius 3 is 2.94 bits per heavy atom. The van der Waals surface area contributed by atoms with Gasteiger partial charge < -0.3 is 11.1 Å². The second-order valence-electron chi connectivity index (χ2n) is 3.99. The largest absolute Gasteiger partial charge is 0.389 e. The van der Waals surface area contributed by atoms with Gasteiger partial charge in [-0.2, -0.15) is 10.2 Å². The van der Waals surface area contributed by atoms with Gasteiger partial charge in [0, 0.05) is 26.0 Å². The Kier molecular flexibility index (Phi) is 3.61. The summed E-state index contributed by atoms with van der Waals surface area (Å²) >= 11 is 5.05. The second kappa shape index (κ2) is 5.18. The molecule has 0 radical (unpaired) electrons. The summed E-state index contributed by atoms with van der Waals surface area (Å²) in [5, 5.41) is 11.7. The minimum absolute atomic E-state index is 0.363. The van der Waals surface area contributed by atoms with Gasteiger partial charge in [0.25, 0.3) is 0 Å². The van der Waals surface area contributed by atoms with E-state index in [2.05, 4.69) is 15.5 Å². The van der Waals surface area contributed by atoms with Gasteiger partial charge in [0.15, 0.2) is 0 Å². The molecule has 0 atom stereocenters. The van der Waals surface area contributed by atoms with E-state index >= 15 is 0 Å². The maximum Gasteiger partial charge on any atom is 0.134 e. The third-order valence-electron chi connectivity index (χ3n) is 2.66. The van der Waals surface area contributed by atoms with Crippen LogP contribution in [0, 0.1) is 6.92 Å². The van der Waals surface area contributed by atoms with Crippen molar-refractivity contribution in [3.05, 3.63) is 29.7 Å². The van der Waals surface area contributed by atoms with E-state index in [0.29, 0.717) is 4.99 Å². The maximum atomic E-state index is 5.72. The van der Waals surface area contributed by atoms with Gasteiger partial charge in [0.2, 0.25) is 0 Å². The smallest absolute Gasteiger partial charge is 0.134 e. The summed E-state index contributed by atoms with van der Waals surface area (Å²) in [4.78, 5) is 0.363. The predicted molar refractivity (Wildman–Crippen MR) is 74.5 cm³/mol. The number of nitrogens with one attached hydrogen (secondary N) is 1. The van der Waals surface area contributed by atoms with Crippen molar-refractivity contribution >= 4 is 23.0 Å². The van der Waals surface area contributed by atoms with Gasteiger partial charge in [-0.05, 0) is 13.0 Å². The zero-order valence-corrected chi connectivity index (χ0v) is 11.2. The molecule has 0 bridgehead atoms. The van der Waals surface area contributed by atoms with E-state index in [-0.39, 0.29) is 0 Å². The van der Waals surface area contributed by atoms with Gasteiger partial charge in [-0.1, -0.05) is 12.2 Å². The number of rotatable bonds is 5. The zero-order valence-electron chi connectivity index (χ0n) is 10.4. The molecule has 2 aromatic rings. The summed E-state index contributed by atoms with van der Waals surface area (Å²) in [6.45, 7) is 3.40. The molecule has 0 aromatic carbocycles. The Morgan fingerprint density at radius 1 is 1.56 bits per heavy atom. The van der Waals surface area contributed by atoms with Crippen LogP contribution in [0.15, 0.2) is 18.5 Å². The van der Waals surface area contributed by atoms with Crippen molar-refractivity contribution in [3.8, 4) is 0 Å². The highest BCUT2D eigenvalue weighted by atomic mass is 32.1. The molecule has 0 unspecified atom stereocenters. The van der Waals surface area contributed by atoms with Crippen LogP contribution in [-0.4, -0.2) is 31.1 Å². The van der Waals surface area contributed by atoms with Gasteiger partial charge >= 0.3 is 0 Å². The van der Waals surface area contributed by atoms with E-state index in [4.69, 9.17) is 18.0 Å². The average Bonchev–Trinajstić information content (AvgIpc) is 2.87. The van der Waals surface area contributed by atoms with Crippen molar-refractivity contribution < 1.29 is 0 Å². The monoisotopic (exact) mass is 264 g/mol. The molecule has 96 valence electrons. The van der Waals surface area contributed by atoms with Crippen molar-refractivity contribution in [2.24, 2.45) is 12.8 Å². The molecule has 18 heavy (non-hydrogen) atoms. The molecule has 3 N–H and O–H groups in total. The van der Waals surface area contributed by atoms with Crippen LogP contribution in [0.2, 0.25) is 0 Å². The van der Waals surface area contributed by atoms with Crippen molar-refractivity contribution in [2.45, 2.75) is 13.5 Å². The Bertz CT molecular complexity index is 542. The topological polar surface area (TPSA) is 73.7 Å². The molecule has 0 amide bonds. The maximum absolute atomic E-state index is 5.72. The summed E-state index contributed by atoms with van der Waals surface area (Å²) in [5.41, 5.74) is 7.37. The van der Waals surface area contributed by atoms with E-state index in [0.717, 1.165) is 30.2 Å². The van der Waals surface area contributed by atoms with Crippen LogP contribution in [0.5, 0.6) is 0 Å². The Morgan fingerprint density at radius 2 is 2.33 bits per heavy atom. The Labute approximate surface area is 111 Å². The predicted octanol–water partition coefficient (Wildman–Crippen LogP) is 0.671. The van der Waals surface area contributed by atoms with Gasteiger partial charge in [-0.15, -0.1) is 0 Å². The fraction of sp³-hybridized carbons (Fsp3) is 0.364. The molecule has 0 aliphatic heterocycles. The fourth-order valence-electron chi connectivity index (χ4n) is 1.88. The van der Waals surface area contributed by atoms with E-state index < -0.39 is 0 Å². The third kappa shape index (κ3) is 2.51. The highest BCUT2D eigenvalue weighted by molar-refractivity contribution is 7.80. The van der Waals surface area contributed by atoms with Crippen LogP contribution >= 0.6 is 12.2 Å². The summed E-state index contributed by atoms with van der Waals surface area (Å²) in [7, 11) is 1.87. The summed E-state index contributed by atoms with van der Waals surface area (Å²) < 4.78 is 3.61. The van der Waals surface area contributed by atoms with Crippen molar-refractivity contribution in [2.75, 3.05) is 11.9 Å². The second-order valence-corrected chi connectivity index (χ2v) is 4.43. The quantitative estimate of drug-likeness (QED) is 0.777. The van der Waals surface area contributed by atoms with E-state index in [1.54, 1.807) is 10.9 Å². The van der Waals surface area contributed by atoms with Gasteiger partial charge in [0.1, 0.15) is 10.8 Å². The molecule has 0 aliphatic carbocycles. The number of hydrogen-bond donors (Lipinski definition) is 2. The molecule has 2 heterocycles. The lowest BCUT2D eigenvalue weighted by molar-refractivity contribution is 0.633. The number of nitrogens with zero attached hydrogens (tertiary/aromatic N) is 4. The summed E-state index contributed by atoms with van der Waals surface area (Å²) in [6.07, 6.45) is 3.68. The number of thiocarbonyl (C=S) groups is 1. The highest BCUT2D eigenvalue weighted by Gasteiger charge is 2.14. The molecule has 2 rings (SSSR count). The lowest BCUT2D eigenvalue weighted by Gasteiger charge is -2.09. The number of aryl methyl sites for hydroxylation is 2. The first-order valence-corrected chi connectivity index (χ1v) is 6.05. The number of hydrogen-bond acceptors (Lipinski definition) is 4. The number of aromatic nitrogens is 4. The summed E-state index contributed by atoms with van der Waals surface area (Å²) in [5.74, 6) is 0.854. The summed E-state index contributed by atoms with van der Waals surface area (Å²) in [6, 6.07) is 1.90. The minimum Gasteiger partial charge on any atom is -0.389 e. The standard InChI is InChI=1S/C11H16N6S/c1-8-9(10(12)18)11(16(2)15-8)13-5-7-17-6-3-4-14-17/h3-4,6,13H,5,7H2,1-2H3,(H2,12,18). The average molecular weight is 264 g/mol. The molecular weight excluding hydrogens is 248 g/mol. The molecule has 6 nitrogen and oxygen atoms in total. The molecule has 0 saturated heterocycles. The zero-order chi connectivity index (χ0) is 13.1. The molecular formula is C11H16N6S. The van der Waals surface area contributed by atoms with Crippen LogP contribution in [0.3, 0.4) is 0 Å². The lowest BCUT2D eigenvalue weighted by atomic mass is 10.2. The van der Waals surface area contributed by atoms with Crippen LogP contribution in [0.25, 0.3) is 0 Å². The van der Waals surface area contributed by atoms with Gasteiger partial charge in [-0.25, -0.2) is 0 Å². The van der Waals surface area contributed by atoms with E-state index in [1.165, 1.54) is 0 Å². The van der Waals surface area contributed by atoms with Gasteiger partial charge in [0.05, 0.1) is 17.8 Å². The van der Waals surface area contributed by atoms with Crippen LogP contribution in [0.4, 0.5) is 5.82 Å². The first kappa shape index (κ1) is 12.6.